The molecule has 0 saturated carbocycles. The monoisotopic (exact) mass is 386 g/mol. The first-order chi connectivity index (χ1) is 13.5. The average molecular weight is 386 g/mol. The number of quaternary nitrogens is 1. The maximum Gasteiger partial charge on any atom is 0.332 e. The van der Waals surface area contributed by atoms with Crippen LogP contribution in [0.15, 0.2) is 39.9 Å². The number of aryl methyl sites for hydroxylation is 1. The zero-order valence-electron chi connectivity index (χ0n) is 16.7. The molecule has 3 aromatic rings. The first-order valence-corrected chi connectivity index (χ1v) is 9.61. The van der Waals surface area contributed by atoms with Gasteiger partial charge in [-0.3, -0.25) is 13.9 Å². The van der Waals surface area contributed by atoms with Crippen molar-refractivity contribution in [2.24, 2.45) is 14.1 Å². The number of aromatic nitrogens is 4. The molecular formula is C20H28N5O3+. The molecule has 0 amide bonds. The Balaban J connectivity index is 2.12. The molecule has 2 N–H and O–H groups in total. The summed E-state index contributed by atoms with van der Waals surface area (Å²) in [5, 5.41) is 9.26. The third kappa shape index (κ3) is 3.79. The summed E-state index contributed by atoms with van der Waals surface area (Å²) in [6, 6.07) is 9.96. The molecule has 8 nitrogen and oxygen atoms in total. The van der Waals surface area contributed by atoms with E-state index >= 15 is 0 Å². The van der Waals surface area contributed by atoms with Gasteiger partial charge < -0.3 is 14.6 Å². The van der Waals surface area contributed by atoms with Gasteiger partial charge in [-0.25, -0.2) is 9.78 Å². The van der Waals surface area contributed by atoms with E-state index in [1.165, 1.54) is 16.5 Å². The number of aliphatic hydroxyl groups is 1. The predicted octanol–water partition coefficient (Wildman–Crippen LogP) is -1.08. The summed E-state index contributed by atoms with van der Waals surface area (Å²) >= 11 is 0. The first kappa shape index (κ1) is 20.0. The van der Waals surface area contributed by atoms with E-state index in [-0.39, 0.29) is 17.9 Å². The topological polar surface area (TPSA) is 86.5 Å². The van der Waals surface area contributed by atoms with E-state index in [2.05, 4.69) is 11.9 Å². The fourth-order valence-corrected chi connectivity index (χ4v) is 3.55. The Hall–Kier alpha value is -2.71. The second-order valence-electron chi connectivity index (χ2n) is 7.05. The summed E-state index contributed by atoms with van der Waals surface area (Å²) in [7, 11) is 3.14. The Morgan fingerprint density at radius 1 is 1.07 bits per heavy atom. The number of nitrogens with zero attached hydrogens (tertiary/aromatic N) is 4. The van der Waals surface area contributed by atoms with Crippen LogP contribution in [0, 0.1) is 0 Å². The molecule has 0 spiro atoms. The van der Waals surface area contributed by atoms with E-state index in [4.69, 9.17) is 0 Å². The van der Waals surface area contributed by atoms with Crippen molar-refractivity contribution in [1.29, 1.82) is 0 Å². The molecule has 0 bridgehead atoms. The van der Waals surface area contributed by atoms with Crippen LogP contribution in [0.5, 0.6) is 0 Å². The molecule has 2 heterocycles. The van der Waals surface area contributed by atoms with Crippen LogP contribution in [0.2, 0.25) is 0 Å². The minimum Gasteiger partial charge on any atom is -0.391 e. The van der Waals surface area contributed by atoms with E-state index < -0.39 is 0 Å². The van der Waals surface area contributed by atoms with E-state index in [9.17, 15) is 14.7 Å². The van der Waals surface area contributed by atoms with Crippen LogP contribution in [-0.4, -0.2) is 50.0 Å². The van der Waals surface area contributed by atoms with E-state index in [1.807, 2.05) is 34.9 Å². The minimum absolute atomic E-state index is 0.126. The highest BCUT2D eigenvalue weighted by atomic mass is 16.3. The van der Waals surface area contributed by atoms with Crippen LogP contribution in [0.25, 0.3) is 11.2 Å². The smallest absolute Gasteiger partial charge is 0.332 e. The van der Waals surface area contributed by atoms with Crippen molar-refractivity contribution in [2.75, 3.05) is 26.2 Å². The zero-order valence-corrected chi connectivity index (χ0v) is 16.7. The van der Waals surface area contributed by atoms with E-state index in [1.54, 1.807) is 7.05 Å². The molecule has 150 valence electrons. The lowest BCUT2D eigenvalue weighted by Gasteiger charge is -2.18. The summed E-state index contributed by atoms with van der Waals surface area (Å²) in [5.41, 5.74) is 1.25. The average Bonchev–Trinajstić information content (AvgIpc) is 3.07. The van der Waals surface area contributed by atoms with Crippen LogP contribution in [0.3, 0.4) is 0 Å². The van der Waals surface area contributed by atoms with E-state index in [0.29, 0.717) is 30.7 Å². The van der Waals surface area contributed by atoms with Gasteiger partial charge in [0.15, 0.2) is 11.2 Å². The van der Waals surface area contributed by atoms with Crippen molar-refractivity contribution < 1.29 is 10.0 Å². The highest BCUT2D eigenvalue weighted by Crippen LogP contribution is 2.14. The van der Waals surface area contributed by atoms with Crippen molar-refractivity contribution in [2.45, 2.75) is 19.9 Å². The number of fused-ring (bicyclic) bond motifs is 1. The highest BCUT2D eigenvalue weighted by molar-refractivity contribution is 5.71. The number of nitrogens with one attached hydrogen (secondary N) is 1. The van der Waals surface area contributed by atoms with Crippen molar-refractivity contribution in [1.82, 2.24) is 18.7 Å². The lowest BCUT2D eigenvalue weighted by molar-refractivity contribution is -0.899. The number of imidazole rings is 1. The molecule has 0 aliphatic heterocycles. The number of aliphatic hydroxyl groups excluding tert-OH is 1. The van der Waals surface area contributed by atoms with Gasteiger partial charge >= 0.3 is 5.69 Å². The summed E-state index contributed by atoms with van der Waals surface area (Å²) in [5.74, 6) is 0.763. The van der Waals surface area contributed by atoms with Gasteiger partial charge in [-0.1, -0.05) is 30.3 Å². The Kier molecular flexibility index (Phi) is 6.11. The lowest BCUT2D eigenvalue weighted by Crippen LogP contribution is -3.12. The second-order valence-corrected chi connectivity index (χ2v) is 7.05. The van der Waals surface area contributed by atoms with Gasteiger partial charge in [0.25, 0.3) is 5.56 Å². The van der Waals surface area contributed by atoms with Crippen LogP contribution in [-0.2, 0) is 27.1 Å². The molecule has 0 aliphatic carbocycles. The Morgan fingerprint density at radius 3 is 2.43 bits per heavy atom. The van der Waals surface area contributed by atoms with Crippen molar-refractivity contribution in [3.8, 4) is 0 Å². The molecule has 2 aromatic heterocycles. The third-order valence-electron chi connectivity index (χ3n) is 5.29. The van der Waals surface area contributed by atoms with Gasteiger partial charge in [0.2, 0.25) is 0 Å². The van der Waals surface area contributed by atoms with Crippen LogP contribution >= 0.6 is 0 Å². The molecule has 8 heteroatoms. The van der Waals surface area contributed by atoms with Gasteiger partial charge in [-0.05, 0) is 12.5 Å². The van der Waals surface area contributed by atoms with Crippen molar-refractivity contribution in [3.63, 3.8) is 0 Å². The number of rotatable bonds is 8. The van der Waals surface area contributed by atoms with Crippen LogP contribution in [0.4, 0.5) is 0 Å². The Labute approximate surface area is 163 Å². The fraction of sp³-hybridized carbons (Fsp3) is 0.450. The van der Waals surface area contributed by atoms with Gasteiger partial charge in [-0.2, -0.15) is 0 Å². The molecule has 1 unspecified atom stereocenters. The molecule has 1 atom stereocenters. The SMILES string of the molecule is CC[NH+](CCO)CCn1c(Cc2ccccc2)nc2c1c(=O)n(C)c(=O)n2C. The maximum absolute atomic E-state index is 12.9. The van der Waals surface area contributed by atoms with Crippen LogP contribution in [0.1, 0.15) is 18.3 Å². The largest absolute Gasteiger partial charge is 0.391 e. The predicted molar refractivity (Wildman–Crippen MR) is 108 cm³/mol. The second kappa shape index (κ2) is 8.53. The third-order valence-corrected chi connectivity index (χ3v) is 5.29. The maximum atomic E-state index is 12.9. The molecule has 0 aliphatic rings. The van der Waals surface area contributed by atoms with Crippen LogP contribution < -0.4 is 16.1 Å². The zero-order chi connectivity index (χ0) is 20.3. The molecule has 3 rings (SSSR count). The minimum atomic E-state index is -0.380. The summed E-state index contributed by atoms with van der Waals surface area (Å²) in [6.45, 7) is 5.10. The van der Waals surface area contributed by atoms with Crippen molar-refractivity contribution in [3.05, 3.63) is 62.6 Å². The van der Waals surface area contributed by atoms with Gasteiger partial charge in [0, 0.05) is 20.5 Å². The molecular weight excluding hydrogens is 358 g/mol. The highest BCUT2D eigenvalue weighted by Gasteiger charge is 2.20. The first-order valence-electron chi connectivity index (χ1n) is 9.61. The fourth-order valence-electron chi connectivity index (χ4n) is 3.55. The number of hydrogen-bond acceptors (Lipinski definition) is 4. The standard InChI is InChI=1S/C20H27N5O3/c1-4-24(12-13-26)10-11-25-16(14-15-8-6-5-7-9-15)21-18-17(25)19(27)23(3)20(28)22(18)2/h5-9,26H,4,10-14H2,1-3H3/p+1. The molecule has 0 fully saturated rings. The molecule has 0 saturated heterocycles. The number of benzene rings is 1. The normalized spacial score (nSPS) is 12.6. The number of hydrogen-bond donors (Lipinski definition) is 2. The Morgan fingerprint density at radius 2 is 1.79 bits per heavy atom. The van der Waals surface area contributed by atoms with Gasteiger partial charge in [-0.15, -0.1) is 0 Å². The summed E-state index contributed by atoms with van der Waals surface area (Å²) in [4.78, 5) is 31.1. The molecule has 1 aromatic carbocycles. The molecule has 0 radical (unpaired) electrons. The van der Waals surface area contributed by atoms with Gasteiger partial charge in [0.1, 0.15) is 12.4 Å². The summed E-state index contributed by atoms with van der Waals surface area (Å²) < 4.78 is 4.50. The van der Waals surface area contributed by atoms with Gasteiger partial charge in [0.05, 0.1) is 26.2 Å². The summed E-state index contributed by atoms with van der Waals surface area (Å²) in [6.07, 6.45) is 0.578. The van der Waals surface area contributed by atoms with Crippen molar-refractivity contribution >= 4 is 11.2 Å². The molecule has 28 heavy (non-hydrogen) atoms. The quantitative estimate of drug-likeness (QED) is 0.516. The lowest BCUT2D eigenvalue weighted by atomic mass is 10.1. The Bertz CT molecular complexity index is 1070. The number of likely N-dealkylation sites (N-methyl/N-ethyl adjacent to an activating group) is 1. The van der Waals surface area contributed by atoms with E-state index in [0.717, 1.165) is 29.0 Å².